The summed E-state index contributed by atoms with van der Waals surface area (Å²) in [6, 6.07) is 8.28. The third-order valence-electron chi connectivity index (χ3n) is 5.35. The van der Waals surface area contributed by atoms with Crippen molar-refractivity contribution < 1.29 is 4.79 Å². The highest BCUT2D eigenvalue weighted by atomic mass is 16.2. The normalized spacial score (nSPS) is 19.7. The number of amides is 1. The molecule has 1 saturated heterocycles. The molecule has 0 unspecified atom stereocenters. The molecule has 1 atom stereocenters. The van der Waals surface area contributed by atoms with Crippen molar-refractivity contribution in [2.45, 2.75) is 45.2 Å². The van der Waals surface area contributed by atoms with Gasteiger partial charge in [-0.1, -0.05) is 12.1 Å². The van der Waals surface area contributed by atoms with E-state index in [1.165, 1.54) is 25.7 Å². The van der Waals surface area contributed by atoms with Gasteiger partial charge in [0.15, 0.2) is 0 Å². The second-order valence-corrected chi connectivity index (χ2v) is 7.12. The highest BCUT2D eigenvalue weighted by molar-refractivity contribution is 5.82. The Morgan fingerprint density at radius 1 is 1.29 bits per heavy atom. The monoisotopic (exact) mass is 326 g/mol. The van der Waals surface area contributed by atoms with E-state index in [1.807, 2.05) is 25.1 Å². The van der Waals surface area contributed by atoms with Gasteiger partial charge in [0.1, 0.15) is 5.82 Å². The summed E-state index contributed by atoms with van der Waals surface area (Å²) in [5.74, 6) is 1.81. The number of imidazole rings is 1. The first kappa shape index (κ1) is 15.6. The van der Waals surface area contributed by atoms with Crippen molar-refractivity contribution in [1.29, 1.82) is 0 Å². The van der Waals surface area contributed by atoms with E-state index >= 15 is 0 Å². The second-order valence-electron chi connectivity index (χ2n) is 7.12. The number of hydrogen-bond acceptors (Lipinski definition) is 3. The minimum Gasteiger partial charge on any atom is -0.353 e. The van der Waals surface area contributed by atoms with Gasteiger partial charge in [0.25, 0.3) is 0 Å². The van der Waals surface area contributed by atoms with Gasteiger partial charge in [-0.3, -0.25) is 9.69 Å². The number of carbonyl (C=O) groups is 1. The zero-order valence-electron chi connectivity index (χ0n) is 14.4. The molecule has 2 aliphatic rings. The molecule has 0 radical (unpaired) electrons. The van der Waals surface area contributed by atoms with Crippen LogP contribution in [0.5, 0.6) is 0 Å². The van der Waals surface area contributed by atoms with E-state index in [9.17, 15) is 4.79 Å². The molecule has 5 heteroatoms. The third-order valence-corrected chi connectivity index (χ3v) is 5.35. The maximum Gasteiger partial charge on any atom is 0.237 e. The van der Waals surface area contributed by atoms with Crippen LogP contribution in [0, 0.1) is 12.8 Å². The quantitative estimate of drug-likeness (QED) is 0.886. The Balaban J connectivity index is 1.39. The fourth-order valence-corrected chi connectivity index (χ4v) is 3.98. The number of para-hydroxylation sites is 2. The van der Waals surface area contributed by atoms with E-state index in [0.717, 1.165) is 36.5 Å². The van der Waals surface area contributed by atoms with Crippen molar-refractivity contribution in [3.05, 3.63) is 30.1 Å². The summed E-state index contributed by atoms with van der Waals surface area (Å²) in [6.45, 7) is 5.63. The molecule has 2 aromatic rings. The van der Waals surface area contributed by atoms with Crippen LogP contribution in [0.3, 0.4) is 0 Å². The Bertz CT molecular complexity index is 728. The Hall–Kier alpha value is -1.88. The van der Waals surface area contributed by atoms with Crippen molar-refractivity contribution in [1.82, 2.24) is 19.8 Å². The van der Waals surface area contributed by atoms with E-state index < -0.39 is 0 Å². The summed E-state index contributed by atoms with van der Waals surface area (Å²) in [5, 5.41) is 3.18. The zero-order chi connectivity index (χ0) is 16.5. The summed E-state index contributed by atoms with van der Waals surface area (Å²) >= 11 is 0. The Kier molecular flexibility index (Phi) is 4.27. The standard InChI is InChI=1S/C19H26N4O/c1-14-21-16-6-2-3-7-17(16)23(14)13-10-20-19(24)18(15-8-9-15)22-11-4-5-12-22/h2-3,6-7,15,18H,4-5,8-13H2,1H3,(H,20,24)/t18-/m1/s1. The molecule has 1 saturated carbocycles. The molecule has 2 fully saturated rings. The van der Waals surface area contributed by atoms with Crippen LogP contribution in [0.4, 0.5) is 0 Å². The molecule has 1 aromatic heterocycles. The maximum absolute atomic E-state index is 12.7. The summed E-state index contributed by atoms with van der Waals surface area (Å²) in [7, 11) is 0. The average molecular weight is 326 g/mol. The molecule has 1 N–H and O–H groups in total. The summed E-state index contributed by atoms with van der Waals surface area (Å²) < 4.78 is 2.19. The molecule has 0 spiro atoms. The van der Waals surface area contributed by atoms with Gasteiger partial charge in [-0.15, -0.1) is 0 Å². The van der Waals surface area contributed by atoms with E-state index in [2.05, 4.69) is 25.8 Å². The first-order chi connectivity index (χ1) is 11.7. The number of carbonyl (C=O) groups excluding carboxylic acids is 1. The topological polar surface area (TPSA) is 50.2 Å². The second kappa shape index (κ2) is 6.55. The van der Waals surface area contributed by atoms with E-state index in [0.29, 0.717) is 12.5 Å². The lowest BCUT2D eigenvalue weighted by atomic mass is 10.1. The molecule has 24 heavy (non-hydrogen) atoms. The molecule has 1 aromatic carbocycles. The summed E-state index contributed by atoms with van der Waals surface area (Å²) in [6.07, 6.45) is 4.88. The van der Waals surface area contributed by atoms with Crippen molar-refractivity contribution >= 4 is 16.9 Å². The van der Waals surface area contributed by atoms with E-state index in [1.54, 1.807) is 0 Å². The lowest BCUT2D eigenvalue weighted by Crippen LogP contribution is -2.47. The molecule has 128 valence electrons. The van der Waals surface area contributed by atoms with E-state index in [4.69, 9.17) is 0 Å². The SMILES string of the molecule is Cc1nc2ccccc2n1CCNC(=O)[C@@H](C1CC1)N1CCCC1. The van der Waals surface area contributed by atoms with Crippen LogP contribution in [0.15, 0.2) is 24.3 Å². The first-order valence-corrected chi connectivity index (χ1v) is 9.17. The van der Waals surface area contributed by atoms with Gasteiger partial charge >= 0.3 is 0 Å². The molecule has 5 nitrogen and oxygen atoms in total. The Morgan fingerprint density at radius 2 is 2.04 bits per heavy atom. The van der Waals surface area contributed by atoms with Crippen molar-refractivity contribution in [3.8, 4) is 0 Å². The minimum atomic E-state index is 0.105. The van der Waals surface area contributed by atoms with Crippen molar-refractivity contribution in [2.75, 3.05) is 19.6 Å². The number of benzene rings is 1. The van der Waals surface area contributed by atoms with Crippen LogP contribution in [0.1, 0.15) is 31.5 Å². The number of nitrogens with one attached hydrogen (secondary N) is 1. The largest absolute Gasteiger partial charge is 0.353 e. The fraction of sp³-hybridized carbons (Fsp3) is 0.579. The van der Waals surface area contributed by atoms with Gasteiger partial charge in [0.2, 0.25) is 5.91 Å². The molecular weight excluding hydrogens is 300 g/mol. The Morgan fingerprint density at radius 3 is 2.79 bits per heavy atom. The van der Waals surface area contributed by atoms with Crippen LogP contribution in [0.25, 0.3) is 11.0 Å². The van der Waals surface area contributed by atoms with Gasteiger partial charge in [-0.25, -0.2) is 4.98 Å². The molecule has 1 aliphatic heterocycles. The van der Waals surface area contributed by atoms with Gasteiger partial charge in [0.05, 0.1) is 17.1 Å². The predicted molar refractivity (Wildman–Crippen MR) is 94.8 cm³/mol. The number of rotatable bonds is 6. The molecule has 1 amide bonds. The predicted octanol–water partition coefficient (Wildman–Crippen LogP) is 2.34. The van der Waals surface area contributed by atoms with Crippen LogP contribution >= 0.6 is 0 Å². The molecule has 1 aliphatic carbocycles. The van der Waals surface area contributed by atoms with Gasteiger partial charge in [-0.05, 0) is 63.7 Å². The fourth-order valence-electron chi connectivity index (χ4n) is 3.98. The van der Waals surface area contributed by atoms with Crippen molar-refractivity contribution in [3.63, 3.8) is 0 Å². The molecular formula is C19H26N4O. The first-order valence-electron chi connectivity index (χ1n) is 9.17. The lowest BCUT2D eigenvalue weighted by Gasteiger charge is -2.26. The average Bonchev–Trinajstić information content (AvgIpc) is 3.15. The highest BCUT2D eigenvalue weighted by Crippen LogP contribution is 2.36. The minimum absolute atomic E-state index is 0.105. The number of fused-ring (bicyclic) bond motifs is 1. The van der Waals surface area contributed by atoms with Crippen LogP contribution in [-0.4, -0.2) is 46.0 Å². The summed E-state index contributed by atoms with van der Waals surface area (Å²) in [4.78, 5) is 19.7. The highest BCUT2D eigenvalue weighted by Gasteiger charge is 2.40. The van der Waals surface area contributed by atoms with E-state index in [-0.39, 0.29) is 11.9 Å². The van der Waals surface area contributed by atoms with Crippen LogP contribution in [0.2, 0.25) is 0 Å². The summed E-state index contributed by atoms with van der Waals surface area (Å²) in [5.41, 5.74) is 2.16. The van der Waals surface area contributed by atoms with Gasteiger partial charge in [-0.2, -0.15) is 0 Å². The molecule has 2 heterocycles. The number of nitrogens with zero attached hydrogens (tertiary/aromatic N) is 3. The third kappa shape index (κ3) is 3.05. The number of hydrogen-bond donors (Lipinski definition) is 1. The number of aryl methyl sites for hydroxylation is 1. The molecule has 0 bridgehead atoms. The zero-order valence-corrected chi connectivity index (χ0v) is 14.4. The smallest absolute Gasteiger partial charge is 0.237 e. The van der Waals surface area contributed by atoms with Gasteiger partial charge in [0, 0.05) is 13.1 Å². The van der Waals surface area contributed by atoms with Gasteiger partial charge < -0.3 is 9.88 Å². The number of aromatic nitrogens is 2. The lowest BCUT2D eigenvalue weighted by molar-refractivity contribution is -0.126. The number of likely N-dealkylation sites (tertiary alicyclic amines) is 1. The molecule has 4 rings (SSSR count). The van der Waals surface area contributed by atoms with Crippen LogP contribution < -0.4 is 5.32 Å². The maximum atomic E-state index is 12.7. The van der Waals surface area contributed by atoms with Crippen LogP contribution in [-0.2, 0) is 11.3 Å². The van der Waals surface area contributed by atoms with Crippen molar-refractivity contribution in [2.24, 2.45) is 5.92 Å². The Labute approximate surface area is 143 Å².